The first kappa shape index (κ1) is 20.0. The molecule has 0 bridgehead atoms. The largest absolute Gasteiger partial charge is 0.508 e. The Kier molecular flexibility index (Phi) is 6.30. The Morgan fingerprint density at radius 2 is 1.67 bits per heavy atom. The van der Waals surface area contributed by atoms with Crippen molar-refractivity contribution >= 4 is 11.7 Å². The van der Waals surface area contributed by atoms with Crippen LogP contribution in [0.4, 0.5) is 10.5 Å². The van der Waals surface area contributed by atoms with Gasteiger partial charge >= 0.3 is 6.03 Å². The fourth-order valence-corrected chi connectivity index (χ4v) is 3.68. The number of aromatic hydroxyl groups is 1. The fourth-order valence-electron chi connectivity index (χ4n) is 3.68. The maximum Gasteiger partial charge on any atom is 0.322 e. The summed E-state index contributed by atoms with van der Waals surface area (Å²) in [6, 6.07) is 24.8. The van der Waals surface area contributed by atoms with Gasteiger partial charge in [0.25, 0.3) is 0 Å². The van der Waals surface area contributed by atoms with Gasteiger partial charge in [0.1, 0.15) is 5.75 Å². The Morgan fingerprint density at radius 3 is 2.37 bits per heavy atom. The van der Waals surface area contributed by atoms with Crippen LogP contribution in [0.1, 0.15) is 18.4 Å². The number of amides is 2. The van der Waals surface area contributed by atoms with Crippen LogP contribution in [-0.2, 0) is 11.3 Å². The summed E-state index contributed by atoms with van der Waals surface area (Å²) in [5, 5.41) is 13.1. The molecule has 1 heterocycles. The Labute approximate surface area is 176 Å². The highest BCUT2D eigenvalue weighted by molar-refractivity contribution is 5.89. The van der Waals surface area contributed by atoms with Crippen LogP contribution in [0.5, 0.6) is 5.75 Å². The van der Waals surface area contributed by atoms with E-state index < -0.39 is 0 Å². The molecular weight excluding hydrogens is 376 g/mol. The van der Waals surface area contributed by atoms with Crippen LogP contribution in [0.15, 0.2) is 78.9 Å². The molecule has 1 fully saturated rings. The average Bonchev–Trinajstić information content (AvgIpc) is 3.29. The number of anilines is 1. The van der Waals surface area contributed by atoms with Crippen molar-refractivity contribution in [1.29, 1.82) is 0 Å². The van der Waals surface area contributed by atoms with E-state index in [1.165, 1.54) is 0 Å². The summed E-state index contributed by atoms with van der Waals surface area (Å²) < 4.78 is 5.73. The Morgan fingerprint density at radius 1 is 0.967 bits per heavy atom. The van der Waals surface area contributed by atoms with E-state index in [0.717, 1.165) is 36.3 Å². The number of carbonyl (C=O) groups excluding carboxylic acids is 1. The average molecular weight is 402 g/mol. The van der Waals surface area contributed by atoms with Crippen molar-refractivity contribution in [2.75, 3.05) is 18.5 Å². The molecule has 0 aliphatic carbocycles. The Balaban J connectivity index is 1.47. The lowest BCUT2D eigenvalue weighted by molar-refractivity contribution is 0.0817. The molecule has 0 aromatic heterocycles. The third-order valence-corrected chi connectivity index (χ3v) is 5.33. The van der Waals surface area contributed by atoms with E-state index in [1.807, 2.05) is 54.6 Å². The van der Waals surface area contributed by atoms with Gasteiger partial charge in [-0.15, -0.1) is 0 Å². The highest BCUT2D eigenvalue weighted by Gasteiger charge is 2.23. The second-order valence-electron chi connectivity index (χ2n) is 7.52. The van der Waals surface area contributed by atoms with Crippen LogP contribution < -0.4 is 5.32 Å². The SMILES string of the molecule is O=C(Nc1ccc(-c2ccccc2)cc1)N(Cc1ccccc1O)C[C@H]1CCCO1. The number of urea groups is 1. The van der Waals surface area contributed by atoms with E-state index in [9.17, 15) is 9.90 Å². The second kappa shape index (κ2) is 9.46. The van der Waals surface area contributed by atoms with Crippen LogP contribution in [0.2, 0.25) is 0 Å². The van der Waals surface area contributed by atoms with Crippen molar-refractivity contribution < 1.29 is 14.6 Å². The minimum Gasteiger partial charge on any atom is -0.508 e. The van der Waals surface area contributed by atoms with Gasteiger partial charge in [0, 0.05) is 24.4 Å². The second-order valence-corrected chi connectivity index (χ2v) is 7.52. The number of benzene rings is 3. The first-order valence-electron chi connectivity index (χ1n) is 10.3. The van der Waals surface area contributed by atoms with Crippen molar-refractivity contribution in [3.05, 3.63) is 84.4 Å². The summed E-state index contributed by atoms with van der Waals surface area (Å²) in [6.07, 6.45) is 1.98. The molecule has 2 N–H and O–H groups in total. The van der Waals surface area contributed by atoms with Gasteiger partial charge in [0.2, 0.25) is 0 Å². The molecule has 154 valence electrons. The molecule has 1 aliphatic heterocycles. The lowest BCUT2D eigenvalue weighted by Gasteiger charge is -2.26. The standard InChI is InChI=1S/C25H26N2O3/c28-24-11-5-4-9-21(24)17-27(18-23-10-6-16-30-23)25(29)26-22-14-12-20(13-15-22)19-7-2-1-3-8-19/h1-5,7-9,11-15,23,28H,6,10,16-18H2,(H,26,29)/t23-/m1/s1. The van der Waals surface area contributed by atoms with Gasteiger partial charge in [0.05, 0.1) is 12.6 Å². The molecule has 1 aliphatic rings. The predicted molar refractivity (Wildman–Crippen MR) is 118 cm³/mol. The number of nitrogens with one attached hydrogen (secondary N) is 1. The van der Waals surface area contributed by atoms with Gasteiger partial charge in [-0.25, -0.2) is 4.79 Å². The number of nitrogens with zero attached hydrogens (tertiary/aromatic N) is 1. The first-order valence-corrected chi connectivity index (χ1v) is 10.3. The van der Waals surface area contributed by atoms with E-state index in [4.69, 9.17) is 4.74 Å². The molecule has 0 spiro atoms. The van der Waals surface area contributed by atoms with Crippen molar-refractivity contribution in [2.45, 2.75) is 25.5 Å². The zero-order valence-electron chi connectivity index (χ0n) is 16.8. The number of carbonyl (C=O) groups is 1. The normalized spacial score (nSPS) is 15.7. The molecule has 1 atom stereocenters. The summed E-state index contributed by atoms with van der Waals surface area (Å²) in [5.41, 5.74) is 3.67. The Bertz CT molecular complexity index is 967. The molecule has 3 aromatic rings. The topological polar surface area (TPSA) is 61.8 Å². The van der Waals surface area contributed by atoms with E-state index >= 15 is 0 Å². The minimum absolute atomic E-state index is 0.0297. The van der Waals surface area contributed by atoms with E-state index in [2.05, 4.69) is 17.4 Å². The fraction of sp³-hybridized carbons (Fsp3) is 0.240. The molecule has 0 radical (unpaired) electrons. The molecule has 4 rings (SSSR count). The lowest BCUT2D eigenvalue weighted by Crippen LogP contribution is -2.39. The number of hydrogen-bond donors (Lipinski definition) is 2. The van der Waals surface area contributed by atoms with E-state index in [0.29, 0.717) is 18.7 Å². The van der Waals surface area contributed by atoms with Crippen molar-refractivity contribution in [2.24, 2.45) is 0 Å². The van der Waals surface area contributed by atoms with Gasteiger partial charge < -0.3 is 20.1 Å². The van der Waals surface area contributed by atoms with Crippen LogP contribution in [0, 0.1) is 0 Å². The zero-order chi connectivity index (χ0) is 20.8. The molecule has 0 saturated carbocycles. The van der Waals surface area contributed by atoms with Gasteiger partial charge in [-0.05, 0) is 42.2 Å². The molecule has 3 aromatic carbocycles. The highest BCUT2D eigenvalue weighted by Crippen LogP contribution is 2.23. The van der Waals surface area contributed by atoms with Crippen LogP contribution in [-0.4, -0.2) is 35.3 Å². The summed E-state index contributed by atoms with van der Waals surface area (Å²) in [6.45, 7) is 1.54. The van der Waals surface area contributed by atoms with Gasteiger partial charge in [0.15, 0.2) is 0 Å². The summed E-state index contributed by atoms with van der Waals surface area (Å²) in [7, 11) is 0. The zero-order valence-corrected chi connectivity index (χ0v) is 16.8. The number of phenolic OH excluding ortho intramolecular Hbond substituents is 1. The van der Waals surface area contributed by atoms with Crippen LogP contribution >= 0.6 is 0 Å². The van der Waals surface area contributed by atoms with Gasteiger partial charge in [-0.3, -0.25) is 0 Å². The third kappa shape index (κ3) is 4.99. The quantitative estimate of drug-likeness (QED) is 0.590. The highest BCUT2D eigenvalue weighted by atomic mass is 16.5. The first-order chi connectivity index (χ1) is 14.7. The smallest absolute Gasteiger partial charge is 0.322 e. The number of phenols is 1. The van der Waals surface area contributed by atoms with Gasteiger partial charge in [-0.2, -0.15) is 0 Å². The molecule has 5 nitrogen and oxygen atoms in total. The number of rotatable bonds is 6. The minimum atomic E-state index is -0.207. The molecular formula is C25H26N2O3. The summed E-state index contributed by atoms with van der Waals surface area (Å²) >= 11 is 0. The molecule has 2 amide bonds. The van der Waals surface area contributed by atoms with Crippen LogP contribution in [0.25, 0.3) is 11.1 Å². The molecule has 5 heteroatoms. The van der Waals surface area contributed by atoms with Crippen molar-refractivity contribution in [3.8, 4) is 16.9 Å². The molecule has 0 unspecified atom stereocenters. The number of ether oxygens (including phenoxy) is 1. The van der Waals surface area contributed by atoms with Crippen LogP contribution in [0.3, 0.4) is 0 Å². The lowest BCUT2D eigenvalue weighted by atomic mass is 10.1. The third-order valence-electron chi connectivity index (χ3n) is 5.33. The molecule has 1 saturated heterocycles. The van der Waals surface area contributed by atoms with Gasteiger partial charge in [-0.1, -0.05) is 60.7 Å². The van der Waals surface area contributed by atoms with E-state index in [1.54, 1.807) is 17.0 Å². The molecule has 30 heavy (non-hydrogen) atoms. The number of para-hydroxylation sites is 1. The Hall–Kier alpha value is -3.31. The van der Waals surface area contributed by atoms with Crippen molar-refractivity contribution in [3.63, 3.8) is 0 Å². The monoisotopic (exact) mass is 402 g/mol. The maximum atomic E-state index is 13.0. The summed E-state index contributed by atoms with van der Waals surface area (Å²) in [5.74, 6) is 0.190. The van der Waals surface area contributed by atoms with E-state index in [-0.39, 0.29) is 17.9 Å². The maximum absolute atomic E-state index is 13.0. The summed E-state index contributed by atoms with van der Waals surface area (Å²) in [4.78, 5) is 14.8. The number of hydrogen-bond acceptors (Lipinski definition) is 3. The predicted octanol–water partition coefficient (Wildman–Crippen LogP) is 5.27. The van der Waals surface area contributed by atoms with Crippen molar-refractivity contribution in [1.82, 2.24) is 4.90 Å².